The maximum atomic E-state index is 11.0. The molecule has 0 spiro atoms. The van der Waals surface area contributed by atoms with Gasteiger partial charge in [0, 0.05) is 12.3 Å². The van der Waals surface area contributed by atoms with Gasteiger partial charge in [-0.15, -0.1) is 0 Å². The zero-order valence-electron chi connectivity index (χ0n) is 6.53. The highest BCUT2D eigenvalue weighted by molar-refractivity contribution is 5.86. The lowest BCUT2D eigenvalue weighted by Crippen LogP contribution is -2.19. The van der Waals surface area contributed by atoms with Crippen LogP contribution in [0, 0.1) is 0 Å². The number of ether oxygens (including phenoxy) is 1. The van der Waals surface area contributed by atoms with Crippen molar-refractivity contribution in [2.24, 2.45) is 0 Å². The van der Waals surface area contributed by atoms with Gasteiger partial charge in [-0.3, -0.25) is 9.89 Å². The Morgan fingerprint density at radius 3 is 3.08 bits per heavy atom. The molecule has 0 atom stereocenters. The number of aromatic amines is 1. The third-order valence-electron chi connectivity index (χ3n) is 1.19. The van der Waals surface area contributed by atoms with Crippen LogP contribution in [-0.2, 0) is 4.74 Å². The summed E-state index contributed by atoms with van der Waals surface area (Å²) in [6, 6.07) is 1.22. The number of hydrogen-bond donors (Lipinski definition) is 1. The minimum atomic E-state index is -0.695. The van der Waals surface area contributed by atoms with Crippen molar-refractivity contribution in [1.82, 2.24) is 10.2 Å². The third-order valence-corrected chi connectivity index (χ3v) is 1.19. The number of nitrogens with one attached hydrogen (secondary N) is 1. The summed E-state index contributed by atoms with van der Waals surface area (Å²) in [7, 11) is 0. The van der Waals surface area contributed by atoms with Crippen molar-refractivity contribution in [2.75, 3.05) is 6.61 Å². The van der Waals surface area contributed by atoms with Gasteiger partial charge in [-0.2, -0.15) is 5.10 Å². The number of H-pyrrole nitrogens is 1. The van der Waals surface area contributed by atoms with E-state index in [0.717, 1.165) is 0 Å². The summed E-state index contributed by atoms with van der Waals surface area (Å²) < 4.78 is 4.59. The van der Waals surface area contributed by atoms with Gasteiger partial charge < -0.3 is 4.74 Å². The van der Waals surface area contributed by atoms with Gasteiger partial charge in [-0.1, -0.05) is 0 Å². The van der Waals surface area contributed by atoms with E-state index in [-0.39, 0.29) is 12.3 Å². The van der Waals surface area contributed by atoms with E-state index >= 15 is 0 Å². The maximum Gasteiger partial charge on any atom is 0.362 e. The number of carbonyl (C=O) groups excluding carboxylic acids is 1. The molecule has 5 nitrogen and oxygen atoms in total. The topological polar surface area (TPSA) is 72.0 Å². The molecule has 0 saturated carbocycles. The van der Waals surface area contributed by atoms with Gasteiger partial charge in [0.1, 0.15) is 0 Å². The Bertz CT molecular complexity index is 331. The lowest BCUT2D eigenvalue weighted by atomic mass is 10.4. The van der Waals surface area contributed by atoms with Crippen LogP contribution >= 0.6 is 0 Å². The Labute approximate surface area is 68.4 Å². The number of aromatic nitrogens is 2. The molecule has 1 N–H and O–H groups in total. The Kier molecular flexibility index (Phi) is 2.57. The summed E-state index contributed by atoms with van der Waals surface area (Å²) >= 11 is 0. The average molecular weight is 168 g/mol. The molecule has 0 radical (unpaired) electrons. The van der Waals surface area contributed by atoms with Crippen molar-refractivity contribution in [1.29, 1.82) is 0 Å². The predicted molar refractivity (Wildman–Crippen MR) is 40.8 cm³/mol. The predicted octanol–water partition coefficient (Wildman–Crippen LogP) is -0.0534. The van der Waals surface area contributed by atoms with Crippen LogP contribution in [0.4, 0.5) is 0 Å². The lowest BCUT2D eigenvalue weighted by Gasteiger charge is -1.97. The molecule has 12 heavy (non-hydrogen) atoms. The molecule has 1 rings (SSSR count). The molecule has 5 heteroatoms. The molecule has 0 aromatic carbocycles. The fourth-order valence-electron chi connectivity index (χ4n) is 0.694. The third kappa shape index (κ3) is 1.69. The van der Waals surface area contributed by atoms with Crippen molar-refractivity contribution in [3.05, 3.63) is 28.2 Å². The van der Waals surface area contributed by atoms with Crippen molar-refractivity contribution in [3.8, 4) is 0 Å². The molecule has 0 aliphatic rings. The first-order valence-corrected chi connectivity index (χ1v) is 3.47. The molecule has 0 fully saturated rings. The van der Waals surface area contributed by atoms with E-state index in [9.17, 15) is 9.59 Å². The van der Waals surface area contributed by atoms with E-state index < -0.39 is 11.4 Å². The normalized spacial score (nSPS) is 9.42. The molecule has 0 amide bonds. The van der Waals surface area contributed by atoms with E-state index in [1.165, 1.54) is 12.3 Å². The largest absolute Gasteiger partial charge is 0.461 e. The first-order valence-electron chi connectivity index (χ1n) is 3.47. The smallest absolute Gasteiger partial charge is 0.362 e. The minimum absolute atomic E-state index is 0.209. The Morgan fingerprint density at radius 1 is 1.75 bits per heavy atom. The summed E-state index contributed by atoms with van der Waals surface area (Å²) in [5.41, 5.74) is -0.647. The van der Waals surface area contributed by atoms with Crippen LogP contribution < -0.4 is 5.43 Å². The molecular weight excluding hydrogens is 160 g/mol. The molecule has 1 heterocycles. The Hall–Kier alpha value is -1.65. The van der Waals surface area contributed by atoms with E-state index in [1.807, 2.05) is 0 Å². The van der Waals surface area contributed by atoms with Gasteiger partial charge >= 0.3 is 5.97 Å². The first-order chi connectivity index (χ1) is 5.75. The van der Waals surface area contributed by atoms with Crippen molar-refractivity contribution in [2.45, 2.75) is 6.92 Å². The highest BCUT2D eigenvalue weighted by atomic mass is 16.5. The molecule has 0 aliphatic heterocycles. The van der Waals surface area contributed by atoms with Crippen molar-refractivity contribution < 1.29 is 9.53 Å². The second-order valence-corrected chi connectivity index (χ2v) is 2.01. The Balaban J connectivity index is 2.95. The summed E-state index contributed by atoms with van der Waals surface area (Å²) in [6.07, 6.45) is 1.35. The lowest BCUT2D eigenvalue weighted by molar-refractivity contribution is 0.0516. The van der Waals surface area contributed by atoms with E-state index in [4.69, 9.17) is 0 Å². The molecule has 1 aromatic heterocycles. The summed E-state index contributed by atoms with van der Waals surface area (Å²) in [4.78, 5) is 21.9. The van der Waals surface area contributed by atoms with Gasteiger partial charge in [0.05, 0.1) is 6.61 Å². The molecule has 1 aromatic rings. The van der Waals surface area contributed by atoms with Gasteiger partial charge in [-0.05, 0) is 6.92 Å². The number of esters is 1. The van der Waals surface area contributed by atoms with E-state index in [0.29, 0.717) is 0 Å². The van der Waals surface area contributed by atoms with Gasteiger partial charge in [-0.25, -0.2) is 4.79 Å². The van der Waals surface area contributed by atoms with Crippen LogP contribution in [0.3, 0.4) is 0 Å². The highest BCUT2D eigenvalue weighted by Crippen LogP contribution is 1.87. The van der Waals surface area contributed by atoms with E-state index in [1.54, 1.807) is 6.92 Å². The minimum Gasteiger partial charge on any atom is -0.461 e. The summed E-state index contributed by atoms with van der Waals surface area (Å²) in [5, 5.41) is 5.88. The van der Waals surface area contributed by atoms with Gasteiger partial charge in [0.2, 0.25) is 11.1 Å². The van der Waals surface area contributed by atoms with Crippen LogP contribution in [-0.4, -0.2) is 22.8 Å². The SMILES string of the molecule is CCOC(=O)c1n[nH]ccc1=O. The number of rotatable bonds is 2. The van der Waals surface area contributed by atoms with Gasteiger partial charge in [0.25, 0.3) is 0 Å². The fourth-order valence-corrected chi connectivity index (χ4v) is 0.694. The average Bonchev–Trinajstić information content (AvgIpc) is 2.05. The standard InChI is InChI=1S/C7H8N2O3/c1-2-12-7(11)6-5(10)3-4-8-9-6/h3-4H,2H2,1H3,(H,8,10). The van der Waals surface area contributed by atoms with Gasteiger partial charge in [0.15, 0.2) is 0 Å². The van der Waals surface area contributed by atoms with Crippen LogP contribution in [0.25, 0.3) is 0 Å². The quantitative estimate of drug-likeness (QED) is 0.628. The monoisotopic (exact) mass is 168 g/mol. The molecule has 64 valence electrons. The van der Waals surface area contributed by atoms with Crippen LogP contribution in [0.1, 0.15) is 17.4 Å². The van der Waals surface area contributed by atoms with E-state index in [2.05, 4.69) is 14.9 Å². The zero-order chi connectivity index (χ0) is 8.97. The summed E-state index contributed by atoms with van der Waals surface area (Å²) in [5.74, 6) is -0.695. The second-order valence-electron chi connectivity index (χ2n) is 2.01. The van der Waals surface area contributed by atoms with Crippen LogP contribution in [0.2, 0.25) is 0 Å². The maximum absolute atomic E-state index is 11.0. The molecule has 0 aliphatic carbocycles. The fraction of sp³-hybridized carbons (Fsp3) is 0.286. The van der Waals surface area contributed by atoms with Crippen LogP contribution in [0.15, 0.2) is 17.1 Å². The molecule has 0 bridgehead atoms. The summed E-state index contributed by atoms with van der Waals surface area (Å²) in [6.45, 7) is 1.89. The number of nitrogens with zero attached hydrogens (tertiary/aromatic N) is 1. The zero-order valence-corrected chi connectivity index (χ0v) is 6.53. The van der Waals surface area contributed by atoms with Crippen molar-refractivity contribution >= 4 is 5.97 Å². The second kappa shape index (κ2) is 3.66. The number of carbonyl (C=O) groups is 1. The first kappa shape index (κ1) is 8.45. The number of hydrogen-bond acceptors (Lipinski definition) is 4. The molecule has 0 unspecified atom stereocenters. The highest BCUT2D eigenvalue weighted by Gasteiger charge is 2.11. The Morgan fingerprint density at radius 2 is 2.50 bits per heavy atom. The molecular formula is C7H8N2O3. The van der Waals surface area contributed by atoms with Crippen molar-refractivity contribution in [3.63, 3.8) is 0 Å². The van der Waals surface area contributed by atoms with Crippen LogP contribution in [0.5, 0.6) is 0 Å². The molecule has 0 saturated heterocycles.